The van der Waals surface area contributed by atoms with Gasteiger partial charge in [-0.15, -0.1) is 0 Å². The van der Waals surface area contributed by atoms with Gasteiger partial charge in [-0.05, 0) is 25.3 Å². The van der Waals surface area contributed by atoms with Gasteiger partial charge in [-0.25, -0.2) is 4.99 Å². The van der Waals surface area contributed by atoms with Crippen LogP contribution in [0.5, 0.6) is 0 Å². The van der Waals surface area contributed by atoms with E-state index in [0.717, 1.165) is 45.0 Å². The second kappa shape index (κ2) is 9.33. The number of hydrogen-bond acceptors (Lipinski definition) is 5. The summed E-state index contributed by atoms with van der Waals surface area (Å²) >= 11 is 0. The fourth-order valence-corrected chi connectivity index (χ4v) is 3.15. The Hall–Kier alpha value is -2.41. The number of aryl methyl sites for hydroxylation is 1. The molecule has 2 aromatic rings. The number of aromatic nitrogens is 2. The molecule has 26 heavy (non-hydrogen) atoms. The first kappa shape index (κ1) is 18.4. The minimum absolute atomic E-state index is 0.416. The second-order valence-corrected chi connectivity index (χ2v) is 6.61. The Morgan fingerprint density at radius 2 is 2.04 bits per heavy atom. The van der Waals surface area contributed by atoms with E-state index < -0.39 is 0 Å². The maximum atomic E-state index is 4.99. The Balaban J connectivity index is 1.47. The van der Waals surface area contributed by atoms with E-state index in [1.165, 1.54) is 5.56 Å². The molecule has 7 nitrogen and oxygen atoms in total. The molecule has 0 aliphatic carbocycles. The lowest BCUT2D eigenvalue weighted by Crippen LogP contribution is -2.48. The van der Waals surface area contributed by atoms with E-state index in [0.29, 0.717) is 24.3 Å². The topological polar surface area (TPSA) is 78.6 Å². The Bertz CT molecular complexity index is 691. The fourth-order valence-electron chi connectivity index (χ4n) is 3.15. The van der Waals surface area contributed by atoms with Gasteiger partial charge >= 0.3 is 0 Å². The van der Waals surface area contributed by atoms with Crippen molar-refractivity contribution < 1.29 is 4.52 Å². The fraction of sp³-hybridized carbons (Fsp3) is 0.526. The Morgan fingerprint density at radius 3 is 2.69 bits per heavy atom. The normalized spacial score (nSPS) is 16.6. The summed E-state index contributed by atoms with van der Waals surface area (Å²) < 4.78 is 4.99. The predicted molar refractivity (Wildman–Crippen MR) is 102 cm³/mol. The number of benzene rings is 1. The molecule has 3 rings (SSSR count). The molecule has 1 fully saturated rings. The maximum Gasteiger partial charge on any atom is 0.223 e. The zero-order chi connectivity index (χ0) is 18.2. The van der Waals surface area contributed by atoms with Crippen molar-refractivity contribution >= 4 is 5.96 Å². The number of likely N-dealkylation sites (tertiary alicyclic amines) is 1. The van der Waals surface area contributed by atoms with Crippen molar-refractivity contribution in [2.45, 2.75) is 45.8 Å². The highest BCUT2D eigenvalue weighted by Crippen LogP contribution is 2.13. The first-order valence-corrected chi connectivity index (χ1v) is 9.33. The predicted octanol–water partition coefficient (Wildman–Crippen LogP) is 2.10. The number of aliphatic imine (C=N–C) groups is 1. The smallest absolute Gasteiger partial charge is 0.223 e. The molecule has 7 heteroatoms. The summed E-state index contributed by atoms with van der Waals surface area (Å²) in [4.78, 5) is 11.3. The molecule has 1 aromatic heterocycles. The van der Waals surface area contributed by atoms with Gasteiger partial charge in [0.2, 0.25) is 5.89 Å². The summed E-state index contributed by atoms with van der Waals surface area (Å²) in [7, 11) is 0. The van der Waals surface area contributed by atoms with E-state index in [9.17, 15) is 0 Å². The molecule has 0 amide bonds. The highest BCUT2D eigenvalue weighted by Gasteiger charge is 2.20. The van der Waals surface area contributed by atoms with Crippen LogP contribution in [0.4, 0.5) is 0 Å². The van der Waals surface area contributed by atoms with Gasteiger partial charge in [0.15, 0.2) is 11.8 Å². The van der Waals surface area contributed by atoms with E-state index in [4.69, 9.17) is 4.52 Å². The number of piperidine rings is 1. The molecule has 1 aromatic carbocycles. The molecule has 0 spiro atoms. The molecule has 0 saturated carbocycles. The summed E-state index contributed by atoms with van der Waals surface area (Å²) in [6.07, 6.45) is 2.22. The van der Waals surface area contributed by atoms with Crippen molar-refractivity contribution in [3.8, 4) is 0 Å². The lowest BCUT2D eigenvalue weighted by molar-refractivity contribution is 0.198. The van der Waals surface area contributed by atoms with Crippen molar-refractivity contribution in [3.63, 3.8) is 0 Å². The lowest BCUT2D eigenvalue weighted by atomic mass is 10.0. The zero-order valence-corrected chi connectivity index (χ0v) is 15.6. The van der Waals surface area contributed by atoms with Gasteiger partial charge < -0.3 is 15.2 Å². The van der Waals surface area contributed by atoms with Crippen LogP contribution in [-0.2, 0) is 13.1 Å². The summed E-state index contributed by atoms with van der Waals surface area (Å²) in [6.45, 7) is 8.30. The SMILES string of the molecule is CCNC(=NCc1noc(C)n1)NC1CCN(Cc2ccccc2)CC1. The van der Waals surface area contributed by atoms with Gasteiger partial charge in [0.25, 0.3) is 0 Å². The lowest BCUT2D eigenvalue weighted by Gasteiger charge is -2.33. The molecular formula is C19H28N6O. The average molecular weight is 356 g/mol. The van der Waals surface area contributed by atoms with Crippen LogP contribution in [0.25, 0.3) is 0 Å². The van der Waals surface area contributed by atoms with E-state index in [-0.39, 0.29) is 0 Å². The highest BCUT2D eigenvalue weighted by atomic mass is 16.5. The van der Waals surface area contributed by atoms with Gasteiger partial charge in [-0.3, -0.25) is 4.90 Å². The number of rotatable bonds is 6. The van der Waals surface area contributed by atoms with Crippen LogP contribution in [0, 0.1) is 6.92 Å². The first-order valence-electron chi connectivity index (χ1n) is 9.33. The number of nitrogens with one attached hydrogen (secondary N) is 2. The third-order valence-corrected chi connectivity index (χ3v) is 4.47. The Morgan fingerprint density at radius 1 is 1.27 bits per heavy atom. The standard InChI is InChI=1S/C19H28N6O/c1-3-20-19(21-13-18-22-15(2)26-24-18)23-17-9-11-25(12-10-17)14-16-7-5-4-6-8-16/h4-8,17H,3,9-14H2,1-2H3,(H2,20,21,23). The van der Waals surface area contributed by atoms with Gasteiger partial charge in [0.1, 0.15) is 6.54 Å². The third kappa shape index (κ3) is 5.56. The molecule has 0 radical (unpaired) electrons. The summed E-state index contributed by atoms with van der Waals surface area (Å²) in [5.74, 6) is 1.99. The number of nitrogens with zero attached hydrogens (tertiary/aromatic N) is 4. The highest BCUT2D eigenvalue weighted by molar-refractivity contribution is 5.80. The van der Waals surface area contributed by atoms with Crippen LogP contribution in [0.15, 0.2) is 39.8 Å². The quantitative estimate of drug-likeness (QED) is 0.610. The van der Waals surface area contributed by atoms with Crippen LogP contribution < -0.4 is 10.6 Å². The zero-order valence-electron chi connectivity index (χ0n) is 15.6. The van der Waals surface area contributed by atoms with Gasteiger partial charge in [0, 0.05) is 39.1 Å². The van der Waals surface area contributed by atoms with Crippen molar-refractivity contribution in [2.75, 3.05) is 19.6 Å². The largest absolute Gasteiger partial charge is 0.357 e. The Kier molecular flexibility index (Phi) is 6.60. The van der Waals surface area contributed by atoms with Crippen LogP contribution in [0.2, 0.25) is 0 Å². The molecule has 2 N–H and O–H groups in total. The molecule has 0 atom stereocenters. The number of hydrogen-bond donors (Lipinski definition) is 2. The van der Waals surface area contributed by atoms with E-state index in [1.807, 2.05) is 0 Å². The third-order valence-electron chi connectivity index (χ3n) is 4.47. The minimum Gasteiger partial charge on any atom is -0.357 e. The molecule has 1 aliphatic rings. The number of guanidine groups is 1. The molecular weight excluding hydrogens is 328 g/mol. The van der Waals surface area contributed by atoms with Crippen LogP contribution in [0.3, 0.4) is 0 Å². The summed E-state index contributed by atoms with van der Waals surface area (Å²) in [6, 6.07) is 11.1. The van der Waals surface area contributed by atoms with Gasteiger partial charge in [-0.2, -0.15) is 4.98 Å². The van der Waals surface area contributed by atoms with Gasteiger partial charge in [-0.1, -0.05) is 35.5 Å². The second-order valence-electron chi connectivity index (χ2n) is 6.61. The molecule has 1 saturated heterocycles. The molecule has 0 bridgehead atoms. The average Bonchev–Trinajstić information content (AvgIpc) is 3.08. The minimum atomic E-state index is 0.416. The maximum absolute atomic E-state index is 4.99. The first-order chi connectivity index (χ1) is 12.7. The van der Waals surface area contributed by atoms with E-state index in [1.54, 1.807) is 6.92 Å². The van der Waals surface area contributed by atoms with Crippen LogP contribution in [0.1, 0.15) is 37.0 Å². The van der Waals surface area contributed by atoms with E-state index >= 15 is 0 Å². The van der Waals surface area contributed by atoms with Crippen LogP contribution >= 0.6 is 0 Å². The summed E-state index contributed by atoms with van der Waals surface area (Å²) in [5.41, 5.74) is 1.38. The van der Waals surface area contributed by atoms with Crippen molar-refractivity contribution in [2.24, 2.45) is 4.99 Å². The molecule has 2 heterocycles. The monoisotopic (exact) mass is 356 g/mol. The van der Waals surface area contributed by atoms with Crippen molar-refractivity contribution in [1.29, 1.82) is 0 Å². The van der Waals surface area contributed by atoms with E-state index in [2.05, 4.69) is 67.9 Å². The van der Waals surface area contributed by atoms with Crippen molar-refractivity contribution in [1.82, 2.24) is 25.7 Å². The van der Waals surface area contributed by atoms with Gasteiger partial charge in [0.05, 0.1) is 0 Å². The van der Waals surface area contributed by atoms with Crippen molar-refractivity contribution in [3.05, 3.63) is 47.6 Å². The summed E-state index contributed by atoms with van der Waals surface area (Å²) in [5, 5.41) is 10.7. The molecule has 1 aliphatic heterocycles. The van der Waals surface area contributed by atoms with Crippen LogP contribution in [-0.4, -0.2) is 46.7 Å². The Labute approximate surface area is 154 Å². The molecule has 0 unspecified atom stereocenters. The molecule has 140 valence electrons.